The maximum atomic E-state index is 13.1. The molecule has 0 aliphatic carbocycles. The van der Waals surface area contributed by atoms with E-state index in [1.165, 1.54) is 16.4 Å². The van der Waals surface area contributed by atoms with Gasteiger partial charge < -0.3 is 5.32 Å². The van der Waals surface area contributed by atoms with Crippen molar-refractivity contribution in [2.24, 2.45) is 5.92 Å². The summed E-state index contributed by atoms with van der Waals surface area (Å²) < 4.78 is 27.6. The summed E-state index contributed by atoms with van der Waals surface area (Å²) in [4.78, 5) is 13.4. The minimum Gasteiger partial charge on any atom is -0.352 e. The van der Waals surface area contributed by atoms with Crippen LogP contribution in [0.5, 0.6) is 0 Å². The quantitative estimate of drug-likeness (QED) is 0.786. The van der Waals surface area contributed by atoms with E-state index in [1.807, 2.05) is 19.9 Å². The molecule has 0 aromatic heterocycles. The molecule has 1 amide bonds. The number of nitrogens with one attached hydrogen (secondary N) is 1. The Morgan fingerprint density at radius 1 is 1.22 bits per heavy atom. The molecule has 5 nitrogen and oxygen atoms in total. The number of carbonyl (C=O) groups excluding carboxylic acids is 1. The molecule has 0 spiro atoms. The Morgan fingerprint density at radius 3 is 2.59 bits per heavy atom. The highest BCUT2D eigenvalue weighted by Gasteiger charge is 2.30. The van der Waals surface area contributed by atoms with Crippen molar-refractivity contribution in [1.82, 2.24) is 5.32 Å². The van der Waals surface area contributed by atoms with Crippen LogP contribution < -0.4 is 9.62 Å². The number of halogens is 1. The van der Waals surface area contributed by atoms with E-state index in [-0.39, 0.29) is 10.8 Å². The molecule has 8 heteroatoms. The molecule has 27 heavy (non-hydrogen) atoms. The van der Waals surface area contributed by atoms with Crippen LogP contribution in [0.1, 0.15) is 24.2 Å². The third kappa shape index (κ3) is 4.42. The van der Waals surface area contributed by atoms with Crippen LogP contribution in [-0.2, 0) is 10.0 Å². The van der Waals surface area contributed by atoms with E-state index in [2.05, 4.69) is 5.32 Å². The lowest BCUT2D eigenvalue weighted by atomic mass is 10.1. The Morgan fingerprint density at radius 2 is 1.93 bits per heavy atom. The molecule has 1 aliphatic rings. The number of anilines is 1. The Labute approximate surface area is 169 Å². The van der Waals surface area contributed by atoms with Crippen molar-refractivity contribution < 1.29 is 13.2 Å². The highest BCUT2D eigenvalue weighted by atomic mass is 35.5. The molecule has 0 fully saturated rings. The third-order valence-corrected chi connectivity index (χ3v) is 7.24. The van der Waals surface area contributed by atoms with Gasteiger partial charge in [-0.05, 0) is 48.4 Å². The lowest BCUT2D eigenvalue weighted by Gasteiger charge is -2.30. The number of amides is 1. The van der Waals surface area contributed by atoms with Crippen molar-refractivity contribution in [2.45, 2.75) is 23.6 Å². The predicted octanol–water partition coefficient (Wildman–Crippen LogP) is 4.03. The lowest BCUT2D eigenvalue weighted by Crippen LogP contribution is -2.36. The fourth-order valence-electron chi connectivity index (χ4n) is 2.72. The van der Waals surface area contributed by atoms with Gasteiger partial charge in [-0.2, -0.15) is 0 Å². The SMILES string of the molecule is CC(C)CNC(=O)c1ccc2c(c1)N(S(=O)(=O)c1ccc(Cl)cc1)CCS2. The van der Waals surface area contributed by atoms with Gasteiger partial charge in [0, 0.05) is 34.3 Å². The van der Waals surface area contributed by atoms with Crippen LogP contribution in [0.3, 0.4) is 0 Å². The molecule has 0 radical (unpaired) electrons. The fourth-order valence-corrected chi connectivity index (χ4v) is 5.47. The zero-order chi connectivity index (χ0) is 19.6. The Bertz CT molecular complexity index is 944. The van der Waals surface area contributed by atoms with Gasteiger partial charge in [0.15, 0.2) is 0 Å². The van der Waals surface area contributed by atoms with Crippen molar-refractivity contribution in [2.75, 3.05) is 23.1 Å². The molecule has 0 saturated heterocycles. The summed E-state index contributed by atoms with van der Waals surface area (Å²) >= 11 is 7.47. The van der Waals surface area contributed by atoms with Gasteiger partial charge >= 0.3 is 0 Å². The molecule has 0 unspecified atom stereocenters. The molecule has 1 aliphatic heterocycles. The maximum absolute atomic E-state index is 13.1. The van der Waals surface area contributed by atoms with E-state index in [0.717, 1.165) is 4.90 Å². The first-order valence-electron chi connectivity index (χ1n) is 8.62. The monoisotopic (exact) mass is 424 g/mol. The van der Waals surface area contributed by atoms with Crippen molar-refractivity contribution >= 4 is 45.0 Å². The number of sulfonamides is 1. The maximum Gasteiger partial charge on any atom is 0.264 e. The molecule has 0 saturated carbocycles. The first-order valence-corrected chi connectivity index (χ1v) is 11.4. The Balaban J connectivity index is 1.96. The first kappa shape index (κ1) is 20.0. The second-order valence-electron chi connectivity index (χ2n) is 6.67. The first-order chi connectivity index (χ1) is 12.8. The second-order valence-corrected chi connectivity index (χ2v) is 10.1. The average molecular weight is 425 g/mol. The van der Waals surface area contributed by atoms with E-state index < -0.39 is 10.0 Å². The summed E-state index contributed by atoms with van der Waals surface area (Å²) in [5.41, 5.74) is 0.992. The van der Waals surface area contributed by atoms with Crippen molar-refractivity contribution in [3.8, 4) is 0 Å². The second kappa shape index (κ2) is 8.12. The number of rotatable bonds is 5. The number of thioether (sulfide) groups is 1. The zero-order valence-electron chi connectivity index (χ0n) is 15.1. The highest BCUT2D eigenvalue weighted by molar-refractivity contribution is 8.00. The standard InChI is InChI=1S/C19H21ClN2O3S2/c1-13(2)12-21-19(23)14-3-8-18-17(11-14)22(9-10-26-18)27(24,25)16-6-4-15(20)5-7-16/h3-8,11,13H,9-10,12H2,1-2H3,(H,21,23). The van der Waals surface area contributed by atoms with E-state index in [1.54, 1.807) is 36.0 Å². The van der Waals surface area contributed by atoms with Crippen LogP contribution in [0.4, 0.5) is 5.69 Å². The van der Waals surface area contributed by atoms with Crippen molar-refractivity contribution in [3.05, 3.63) is 53.1 Å². The fraction of sp³-hybridized carbons (Fsp3) is 0.316. The predicted molar refractivity (Wildman–Crippen MR) is 110 cm³/mol. The normalized spacial score (nSPS) is 14.1. The summed E-state index contributed by atoms with van der Waals surface area (Å²) in [5.74, 6) is 0.786. The van der Waals surface area contributed by atoms with Gasteiger partial charge in [0.2, 0.25) is 0 Å². The van der Waals surface area contributed by atoms with Gasteiger partial charge in [-0.1, -0.05) is 25.4 Å². The van der Waals surface area contributed by atoms with Crippen LogP contribution in [0.25, 0.3) is 0 Å². The number of carbonyl (C=O) groups is 1. The van der Waals surface area contributed by atoms with E-state index in [4.69, 9.17) is 11.6 Å². The van der Waals surface area contributed by atoms with Gasteiger partial charge in [0.05, 0.1) is 10.6 Å². The number of fused-ring (bicyclic) bond motifs is 1. The van der Waals surface area contributed by atoms with E-state index >= 15 is 0 Å². The topological polar surface area (TPSA) is 66.5 Å². The van der Waals surface area contributed by atoms with Gasteiger partial charge in [-0.3, -0.25) is 9.10 Å². The molecular formula is C19H21ClN2O3S2. The van der Waals surface area contributed by atoms with Gasteiger partial charge in [-0.15, -0.1) is 11.8 Å². The summed E-state index contributed by atoms with van der Waals surface area (Å²) in [6.07, 6.45) is 0. The number of nitrogens with zero attached hydrogens (tertiary/aromatic N) is 1. The summed E-state index contributed by atoms with van der Waals surface area (Å²) in [6, 6.07) is 11.3. The minimum atomic E-state index is -3.73. The van der Waals surface area contributed by atoms with E-state index in [9.17, 15) is 13.2 Å². The van der Waals surface area contributed by atoms with Crippen LogP contribution in [0.2, 0.25) is 5.02 Å². The smallest absolute Gasteiger partial charge is 0.264 e. The van der Waals surface area contributed by atoms with Gasteiger partial charge in [-0.25, -0.2) is 8.42 Å². The van der Waals surface area contributed by atoms with E-state index in [0.29, 0.717) is 41.0 Å². The summed E-state index contributed by atoms with van der Waals surface area (Å²) in [6.45, 7) is 4.95. The van der Waals surface area contributed by atoms with Crippen molar-refractivity contribution in [3.63, 3.8) is 0 Å². The lowest BCUT2D eigenvalue weighted by molar-refractivity contribution is 0.0949. The molecule has 3 rings (SSSR count). The summed E-state index contributed by atoms with van der Waals surface area (Å²) in [7, 11) is -3.73. The molecule has 1 N–H and O–H groups in total. The molecule has 2 aromatic carbocycles. The van der Waals surface area contributed by atoms with Gasteiger partial charge in [0.25, 0.3) is 15.9 Å². The van der Waals surface area contributed by atoms with Crippen LogP contribution in [0.15, 0.2) is 52.3 Å². The number of hydrogen-bond acceptors (Lipinski definition) is 4. The van der Waals surface area contributed by atoms with Crippen LogP contribution in [-0.4, -0.2) is 33.2 Å². The number of benzene rings is 2. The summed E-state index contributed by atoms with van der Waals surface area (Å²) in [5, 5.41) is 3.35. The Kier molecular flexibility index (Phi) is 6.03. The minimum absolute atomic E-state index is 0.180. The molecule has 1 heterocycles. The molecule has 2 aromatic rings. The largest absolute Gasteiger partial charge is 0.352 e. The average Bonchev–Trinajstić information content (AvgIpc) is 2.65. The highest BCUT2D eigenvalue weighted by Crippen LogP contribution is 2.38. The zero-order valence-corrected chi connectivity index (χ0v) is 17.5. The van der Waals surface area contributed by atoms with Gasteiger partial charge in [0.1, 0.15) is 0 Å². The molecule has 0 bridgehead atoms. The third-order valence-electron chi connectivity index (χ3n) is 4.11. The van der Waals surface area contributed by atoms with Crippen molar-refractivity contribution in [1.29, 1.82) is 0 Å². The van der Waals surface area contributed by atoms with Crippen LogP contribution in [0, 0.1) is 5.92 Å². The Hall–Kier alpha value is -1.70. The molecule has 0 atom stereocenters. The van der Waals surface area contributed by atoms with Crippen LogP contribution >= 0.6 is 23.4 Å². The molecule has 144 valence electrons. The molecular weight excluding hydrogens is 404 g/mol. The number of hydrogen-bond donors (Lipinski definition) is 1.